The molecule has 5 rings (SSSR count). The Hall–Kier alpha value is -3.23. The third-order valence-corrected chi connectivity index (χ3v) is 7.82. The van der Waals surface area contributed by atoms with Gasteiger partial charge in [-0.25, -0.2) is 22.2 Å². The van der Waals surface area contributed by atoms with E-state index in [1.807, 2.05) is 55.5 Å². The SMILES string of the molecule is CC(NS(=O)(=O)C1CC1)C(Oc1ccc2c(cnn2-c2ccc(F)cc2)c1)c1ccccc1. The topological polar surface area (TPSA) is 73.2 Å². The second kappa shape index (κ2) is 8.61. The van der Waals surface area contributed by atoms with Gasteiger partial charge in [0.05, 0.1) is 28.7 Å². The maximum absolute atomic E-state index is 13.3. The van der Waals surface area contributed by atoms with Gasteiger partial charge in [-0.1, -0.05) is 30.3 Å². The van der Waals surface area contributed by atoms with Gasteiger partial charge < -0.3 is 4.74 Å². The summed E-state index contributed by atoms with van der Waals surface area (Å²) in [6, 6.07) is 20.9. The molecule has 2 atom stereocenters. The summed E-state index contributed by atoms with van der Waals surface area (Å²) < 4.78 is 49.2. The molecule has 2 unspecified atom stereocenters. The average Bonchev–Trinajstić information content (AvgIpc) is 3.60. The monoisotopic (exact) mass is 465 g/mol. The van der Waals surface area contributed by atoms with Crippen LogP contribution in [0.2, 0.25) is 0 Å². The quantitative estimate of drug-likeness (QED) is 0.407. The molecule has 0 spiro atoms. The lowest BCUT2D eigenvalue weighted by atomic mass is 10.0. The zero-order valence-electron chi connectivity index (χ0n) is 18.1. The van der Waals surface area contributed by atoms with Crippen molar-refractivity contribution in [2.24, 2.45) is 0 Å². The van der Waals surface area contributed by atoms with E-state index in [0.717, 1.165) is 22.2 Å². The van der Waals surface area contributed by atoms with Gasteiger partial charge in [-0.15, -0.1) is 0 Å². The van der Waals surface area contributed by atoms with Gasteiger partial charge in [-0.3, -0.25) is 0 Å². The molecule has 1 aliphatic carbocycles. The number of nitrogens with zero attached hydrogens (tertiary/aromatic N) is 2. The average molecular weight is 466 g/mol. The number of hydrogen-bond donors (Lipinski definition) is 1. The maximum atomic E-state index is 13.3. The van der Waals surface area contributed by atoms with E-state index in [9.17, 15) is 12.8 Å². The zero-order chi connectivity index (χ0) is 23.0. The van der Waals surface area contributed by atoms with Crippen molar-refractivity contribution >= 4 is 20.9 Å². The molecule has 8 heteroatoms. The van der Waals surface area contributed by atoms with Crippen LogP contribution < -0.4 is 9.46 Å². The molecule has 33 heavy (non-hydrogen) atoms. The Balaban J connectivity index is 1.43. The standard InChI is InChI=1S/C25H24FN3O3S/c1-17(28-33(30,31)23-12-13-23)25(18-5-3-2-4-6-18)32-22-11-14-24-19(15-22)16-27-29(24)21-9-7-20(26)8-10-21/h2-11,14-17,23,25,28H,12-13H2,1H3. The van der Waals surface area contributed by atoms with Crippen LogP contribution in [-0.4, -0.2) is 29.5 Å². The molecule has 3 aromatic carbocycles. The number of sulfonamides is 1. The van der Waals surface area contributed by atoms with E-state index >= 15 is 0 Å². The predicted molar refractivity (Wildman–Crippen MR) is 125 cm³/mol. The fourth-order valence-electron chi connectivity index (χ4n) is 3.92. The van der Waals surface area contributed by atoms with E-state index in [4.69, 9.17) is 4.74 Å². The second-order valence-electron chi connectivity index (χ2n) is 8.35. The molecule has 6 nitrogen and oxygen atoms in total. The number of nitrogens with one attached hydrogen (secondary N) is 1. The number of ether oxygens (including phenoxy) is 1. The largest absolute Gasteiger partial charge is 0.484 e. The highest BCUT2D eigenvalue weighted by Crippen LogP contribution is 2.31. The van der Waals surface area contributed by atoms with Gasteiger partial charge >= 0.3 is 0 Å². The van der Waals surface area contributed by atoms with E-state index in [-0.39, 0.29) is 11.1 Å². The van der Waals surface area contributed by atoms with Gasteiger partial charge in [0.1, 0.15) is 17.7 Å². The van der Waals surface area contributed by atoms with Crippen LogP contribution in [-0.2, 0) is 10.0 Å². The highest BCUT2D eigenvalue weighted by Gasteiger charge is 2.38. The van der Waals surface area contributed by atoms with Crippen LogP contribution in [0.4, 0.5) is 4.39 Å². The molecule has 1 N–H and O–H groups in total. The number of halogens is 1. The molecule has 0 amide bonds. The van der Waals surface area contributed by atoms with Gasteiger partial charge in [0, 0.05) is 5.39 Å². The minimum Gasteiger partial charge on any atom is -0.484 e. The van der Waals surface area contributed by atoms with Gasteiger partial charge in [0.2, 0.25) is 10.0 Å². The highest BCUT2D eigenvalue weighted by atomic mass is 32.2. The predicted octanol–water partition coefficient (Wildman–Crippen LogP) is 4.76. The summed E-state index contributed by atoms with van der Waals surface area (Å²) in [4.78, 5) is 0. The summed E-state index contributed by atoms with van der Waals surface area (Å²) in [5, 5.41) is 4.99. The Morgan fingerprint density at radius 2 is 1.79 bits per heavy atom. The number of hydrogen-bond acceptors (Lipinski definition) is 4. The molecule has 4 aromatic rings. The number of benzene rings is 3. The van der Waals surface area contributed by atoms with Crippen LogP contribution in [0.3, 0.4) is 0 Å². The summed E-state index contributed by atoms with van der Waals surface area (Å²) >= 11 is 0. The summed E-state index contributed by atoms with van der Waals surface area (Å²) in [6.07, 6.45) is 2.62. The van der Waals surface area contributed by atoms with E-state index in [2.05, 4.69) is 9.82 Å². The molecule has 0 bridgehead atoms. The first kappa shape index (κ1) is 21.6. The molecule has 1 heterocycles. The van der Waals surface area contributed by atoms with Gasteiger partial charge in [0.25, 0.3) is 0 Å². The molecule has 0 aliphatic heterocycles. The lowest BCUT2D eigenvalue weighted by Crippen LogP contribution is -2.40. The summed E-state index contributed by atoms with van der Waals surface area (Å²) in [5.41, 5.74) is 2.49. The zero-order valence-corrected chi connectivity index (χ0v) is 18.9. The fourth-order valence-corrected chi connectivity index (χ4v) is 5.51. The smallest absolute Gasteiger partial charge is 0.214 e. The maximum Gasteiger partial charge on any atom is 0.214 e. The van der Waals surface area contributed by atoms with Crippen LogP contribution in [0.1, 0.15) is 31.4 Å². The second-order valence-corrected chi connectivity index (χ2v) is 10.3. The van der Waals surface area contributed by atoms with E-state index in [1.165, 1.54) is 12.1 Å². The fraction of sp³-hybridized carbons (Fsp3) is 0.240. The Morgan fingerprint density at radius 1 is 1.06 bits per heavy atom. The molecule has 1 fully saturated rings. The van der Waals surface area contributed by atoms with Crippen LogP contribution in [0.15, 0.2) is 79.0 Å². The van der Waals surface area contributed by atoms with E-state index in [0.29, 0.717) is 18.6 Å². The van der Waals surface area contributed by atoms with Crippen molar-refractivity contribution in [1.82, 2.24) is 14.5 Å². The number of rotatable bonds is 8. The molecule has 0 saturated heterocycles. The first-order valence-corrected chi connectivity index (χ1v) is 12.4. The molecular formula is C25H24FN3O3S. The molecule has 170 valence electrons. The van der Waals surface area contributed by atoms with Gasteiger partial charge in [0.15, 0.2) is 0 Å². The van der Waals surface area contributed by atoms with Crippen molar-refractivity contribution in [1.29, 1.82) is 0 Å². The molecule has 0 radical (unpaired) electrons. The van der Waals surface area contributed by atoms with Crippen molar-refractivity contribution in [3.05, 3.63) is 90.4 Å². The third kappa shape index (κ3) is 4.62. The normalized spacial score (nSPS) is 15.9. The van der Waals surface area contributed by atoms with Crippen LogP contribution >= 0.6 is 0 Å². The first-order valence-electron chi connectivity index (χ1n) is 10.9. The Kier molecular flexibility index (Phi) is 5.64. The van der Waals surface area contributed by atoms with Crippen molar-refractivity contribution in [2.45, 2.75) is 37.2 Å². The highest BCUT2D eigenvalue weighted by molar-refractivity contribution is 7.90. The third-order valence-electron chi connectivity index (χ3n) is 5.77. The summed E-state index contributed by atoms with van der Waals surface area (Å²) in [7, 11) is -3.37. The number of fused-ring (bicyclic) bond motifs is 1. The van der Waals surface area contributed by atoms with E-state index < -0.39 is 22.2 Å². The van der Waals surface area contributed by atoms with Crippen molar-refractivity contribution in [2.75, 3.05) is 0 Å². The van der Waals surface area contributed by atoms with Crippen LogP contribution in [0, 0.1) is 5.82 Å². The minimum atomic E-state index is -3.37. The molecule has 1 aromatic heterocycles. The summed E-state index contributed by atoms with van der Waals surface area (Å²) in [5.74, 6) is 0.303. The Bertz CT molecular complexity index is 1370. The van der Waals surface area contributed by atoms with Gasteiger partial charge in [-0.05, 0) is 67.8 Å². The van der Waals surface area contributed by atoms with Crippen molar-refractivity contribution in [3.63, 3.8) is 0 Å². The minimum absolute atomic E-state index is 0.301. The lowest BCUT2D eigenvalue weighted by Gasteiger charge is -2.26. The van der Waals surface area contributed by atoms with Crippen LogP contribution in [0.5, 0.6) is 5.75 Å². The summed E-state index contributed by atoms with van der Waals surface area (Å²) in [6.45, 7) is 1.82. The Morgan fingerprint density at radius 3 is 2.48 bits per heavy atom. The number of aromatic nitrogens is 2. The Labute approximate surface area is 192 Å². The lowest BCUT2D eigenvalue weighted by molar-refractivity contribution is 0.173. The molecule has 1 aliphatic rings. The molecular weight excluding hydrogens is 441 g/mol. The van der Waals surface area contributed by atoms with Crippen molar-refractivity contribution in [3.8, 4) is 11.4 Å². The van der Waals surface area contributed by atoms with Gasteiger partial charge in [-0.2, -0.15) is 5.10 Å². The first-order chi connectivity index (χ1) is 15.9. The van der Waals surface area contributed by atoms with Crippen molar-refractivity contribution < 1.29 is 17.5 Å². The van der Waals surface area contributed by atoms with Crippen LogP contribution in [0.25, 0.3) is 16.6 Å². The molecule has 1 saturated carbocycles. The van der Waals surface area contributed by atoms with E-state index in [1.54, 1.807) is 23.0 Å².